The van der Waals surface area contributed by atoms with Gasteiger partial charge >= 0.3 is 0 Å². The van der Waals surface area contributed by atoms with Crippen molar-refractivity contribution >= 4 is 0 Å². The van der Waals surface area contributed by atoms with Gasteiger partial charge in [0.25, 0.3) is 5.54 Å². The number of hydrogen-bond donors (Lipinski definition) is 4. The molecule has 0 rings (SSSR count). The predicted octanol–water partition coefficient (Wildman–Crippen LogP) is -1.95. The van der Waals surface area contributed by atoms with Crippen molar-refractivity contribution in [2.45, 2.75) is 5.54 Å². The molecule has 0 aromatic heterocycles. The maximum absolute atomic E-state index is 10.5. The Morgan fingerprint density at radius 1 is 1.18 bits per heavy atom. The van der Waals surface area contributed by atoms with Crippen LogP contribution in [0.5, 0.6) is 0 Å². The molecule has 0 bridgehead atoms. The summed E-state index contributed by atoms with van der Waals surface area (Å²) in [6, 6.07) is 0. The van der Waals surface area contributed by atoms with Crippen molar-refractivity contribution in [2.75, 3.05) is 19.8 Å². The van der Waals surface area contributed by atoms with E-state index in [2.05, 4.69) is 5.28 Å². The average molecular weight is 166 g/mol. The van der Waals surface area contributed by atoms with Crippen molar-refractivity contribution in [3.05, 3.63) is 5.21 Å². The smallest absolute Gasteiger partial charge is 0.270 e. The number of hydroxylamine groups is 1. The van der Waals surface area contributed by atoms with Crippen LogP contribution < -0.4 is 0 Å². The third-order valence-corrected chi connectivity index (χ3v) is 1.37. The largest absolute Gasteiger partial charge is 0.597 e. The highest BCUT2D eigenvalue weighted by molar-refractivity contribution is 4.75. The van der Waals surface area contributed by atoms with Gasteiger partial charge in [-0.1, -0.05) is 0 Å². The fourth-order valence-electron chi connectivity index (χ4n) is 0.426. The van der Waals surface area contributed by atoms with E-state index in [-0.39, 0.29) is 4.86 Å². The summed E-state index contributed by atoms with van der Waals surface area (Å²) in [5.74, 6) is 0. The van der Waals surface area contributed by atoms with Crippen LogP contribution in [0.25, 0.3) is 0 Å². The molecule has 0 aliphatic heterocycles. The Kier molecular flexibility index (Phi) is 3.72. The molecule has 0 aromatic carbocycles. The van der Waals surface area contributed by atoms with Gasteiger partial charge in [0.05, 0.1) is 0 Å². The monoisotopic (exact) mass is 166 g/mol. The maximum atomic E-state index is 10.5. The molecule has 0 saturated heterocycles. The summed E-state index contributed by atoms with van der Waals surface area (Å²) < 4.78 is 0. The lowest BCUT2D eigenvalue weighted by molar-refractivity contribution is -0.640. The molecule has 7 heteroatoms. The van der Waals surface area contributed by atoms with E-state index in [4.69, 9.17) is 20.5 Å². The highest BCUT2D eigenvalue weighted by Crippen LogP contribution is 2.07. The van der Waals surface area contributed by atoms with Crippen molar-refractivity contribution < 1.29 is 25.4 Å². The lowest BCUT2D eigenvalue weighted by Crippen LogP contribution is -2.49. The van der Waals surface area contributed by atoms with Gasteiger partial charge < -0.3 is 25.7 Å². The summed E-state index contributed by atoms with van der Waals surface area (Å²) in [4.78, 5) is -0.340. The van der Waals surface area contributed by atoms with Gasteiger partial charge in [-0.25, -0.2) is 0 Å². The molecule has 0 unspecified atom stereocenters. The molecule has 0 fully saturated rings. The van der Waals surface area contributed by atoms with Gasteiger partial charge in [0.15, 0.2) is 5.28 Å². The van der Waals surface area contributed by atoms with E-state index in [1.54, 1.807) is 0 Å². The minimum Gasteiger partial charge on any atom is -0.597 e. The van der Waals surface area contributed by atoms with Crippen molar-refractivity contribution in [1.82, 2.24) is 0 Å². The van der Waals surface area contributed by atoms with Crippen molar-refractivity contribution in [1.29, 1.82) is 0 Å². The van der Waals surface area contributed by atoms with Crippen LogP contribution in [0.4, 0.5) is 0 Å². The second-order valence-corrected chi connectivity index (χ2v) is 2.06. The Morgan fingerprint density at radius 3 is 1.64 bits per heavy atom. The summed E-state index contributed by atoms with van der Waals surface area (Å²) in [5, 5.41) is 46.3. The molecule has 11 heavy (non-hydrogen) atoms. The van der Waals surface area contributed by atoms with E-state index < -0.39 is 25.4 Å². The van der Waals surface area contributed by atoms with Crippen LogP contribution in [0.2, 0.25) is 0 Å². The molecule has 66 valence electrons. The van der Waals surface area contributed by atoms with Crippen LogP contribution in [-0.4, -0.2) is 50.7 Å². The minimum absolute atomic E-state index is 0.340. The highest BCUT2D eigenvalue weighted by Gasteiger charge is 2.39. The third-order valence-electron chi connectivity index (χ3n) is 1.37. The number of rotatable bonds is 4. The standard InChI is InChI=1S/C4H10N2O5/c7-1-4(2-8,3-9)6(11)5-10/h7-10H,1-3H2/b6-5-. The Labute approximate surface area is 62.4 Å². The van der Waals surface area contributed by atoms with Gasteiger partial charge in [0, 0.05) is 0 Å². The first kappa shape index (κ1) is 10.1. The van der Waals surface area contributed by atoms with Crippen molar-refractivity contribution in [3.63, 3.8) is 0 Å². The topological polar surface area (TPSA) is 119 Å². The Hall–Kier alpha value is -0.920. The van der Waals surface area contributed by atoms with Crippen LogP contribution in [0.3, 0.4) is 0 Å². The third kappa shape index (κ3) is 1.76. The number of nitrogens with zero attached hydrogens (tertiary/aromatic N) is 2. The molecular formula is C4H10N2O5. The maximum Gasteiger partial charge on any atom is 0.270 e. The van der Waals surface area contributed by atoms with Crippen molar-refractivity contribution in [3.8, 4) is 0 Å². The summed E-state index contributed by atoms with van der Waals surface area (Å²) >= 11 is 0. The molecular weight excluding hydrogens is 156 g/mol. The molecule has 0 aromatic rings. The molecule has 0 saturated carbocycles. The first-order valence-electron chi connectivity index (χ1n) is 2.82. The number of aliphatic hydroxyl groups excluding tert-OH is 3. The molecule has 0 heterocycles. The van der Waals surface area contributed by atoms with E-state index in [1.807, 2.05) is 0 Å². The second kappa shape index (κ2) is 4.06. The zero-order valence-electron chi connectivity index (χ0n) is 5.71. The van der Waals surface area contributed by atoms with E-state index in [0.29, 0.717) is 0 Å². The average Bonchev–Trinajstić information content (AvgIpc) is 2.08. The molecule has 0 amide bonds. The molecule has 0 atom stereocenters. The normalized spacial score (nSPS) is 13.5. The fraction of sp³-hybridized carbons (Fsp3) is 1.00. The Morgan fingerprint density at radius 2 is 1.55 bits per heavy atom. The zero-order chi connectivity index (χ0) is 8.91. The SMILES string of the molecule is [O-]/[N+](=N\O)C(CO)(CO)CO. The van der Waals surface area contributed by atoms with Crippen molar-refractivity contribution in [2.24, 2.45) is 5.28 Å². The first-order chi connectivity index (χ1) is 5.16. The van der Waals surface area contributed by atoms with Crippen LogP contribution in [0, 0.1) is 5.21 Å². The van der Waals surface area contributed by atoms with Gasteiger partial charge in [-0.2, -0.15) is 0 Å². The van der Waals surface area contributed by atoms with Gasteiger partial charge in [0.2, 0.25) is 0 Å². The molecule has 0 spiro atoms. The van der Waals surface area contributed by atoms with Crippen LogP contribution in [0.1, 0.15) is 0 Å². The lowest BCUT2D eigenvalue weighted by Gasteiger charge is -2.21. The minimum atomic E-state index is -1.84. The van der Waals surface area contributed by atoms with E-state index in [0.717, 1.165) is 0 Å². The molecule has 4 N–H and O–H groups in total. The Bertz CT molecular complexity index is 135. The van der Waals surface area contributed by atoms with E-state index in [1.165, 1.54) is 0 Å². The quantitative estimate of drug-likeness (QED) is 0.220. The lowest BCUT2D eigenvalue weighted by atomic mass is 10.1. The van der Waals surface area contributed by atoms with Crippen LogP contribution in [0.15, 0.2) is 5.28 Å². The highest BCUT2D eigenvalue weighted by atomic mass is 16.6. The number of aliphatic hydroxyl groups is 3. The molecule has 7 nitrogen and oxygen atoms in total. The van der Waals surface area contributed by atoms with E-state index >= 15 is 0 Å². The first-order valence-corrected chi connectivity index (χ1v) is 2.82. The summed E-state index contributed by atoms with van der Waals surface area (Å²) in [6.45, 7) is -2.39. The van der Waals surface area contributed by atoms with E-state index in [9.17, 15) is 5.21 Å². The predicted molar refractivity (Wildman–Crippen MR) is 31.8 cm³/mol. The number of hydrogen-bond acceptors (Lipinski definition) is 5. The Balaban J connectivity index is 4.54. The summed E-state index contributed by atoms with van der Waals surface area (Å²) in [5.41, 5.74) is -1.84. The molecule has 0 aliphatic rings. The van der Waals surface area contributed by atoms with Crippen LogP contribution in [-0.2, 0) is 0 Å². The van der Waals surface area contributed by atoms with Gasteiger partial charge in [-0.15, -0.1) is 0 Å². The van der Waals surface area contributed by atoms with Gasteiger partial charge in [-0.3, -0.25) is 0 Å². The molecule has 0 radical (unpaired) electrons. The second-order valence-electron chi connectivity index (χ2n) is 2.06. The van der Waals surface area contributed by atoms with Gasteiger partial charge in [0.1, 0.15) is 19.8 Å². The zero-order valence-corrected chi connectivity index (χ0v) is 5.71. The summed E-state index contributed by atoms with van der Waals surface area (Å²) in [6.07, 6.45) is 0. The fourth-order valence-corrected chi connectivity index (χ4v) is 0.426. The molecule has 0 aliphatic carbocycles. The summed E-state index contributed by atoms with van der Waals surface area (Å²) in [7, 11) is 0. The van der Waals surface area contributed by atoms with Crippen LogP contribution >= 0.6 is 0 Å². The van der Waals surface area contributed by atoms with Gasteiger partial charge in [-0.05, 0) is 4.86 Å².